The second-order valence-corrected chi connectivity index (χ2v) is 8.63. The summed E-state index contributed by atoms with van der Waals surface area (Å²) in [4.78, 5) is 44.4. The van der Waals surface area contributed by atoms with Crippen molar-refractivity contribution >= 4 is 34.7 Å². The molecular formula is C24H24N4O3S. The number of hydrogen-bond donors (Lipinski definition) is 2. The van der Waals surface area contributed by atoms with Gasteiger partial charge >= 0.3 is 0 Å². The number of para-hydroxylation sites is 1. The highest BCUT2D eigenvalue weighted by atomic mass is 32.1. The minimum Gasteiger partial charge on any atom is -0.311 e. The van der Waals surface area contributed by atoms with Gasteiger partial charge in [-0.3, -0.25) is 25.2 Å². The number of thiazole rings is 1. The van der Waals surface area contributed by atoms with E-state index in [1.54, 1.807) is 11.8 Å². The van der Waals surface area contributed by atoms with Gasteiger partial charge in [-0.1, -0.05) is 55.5 Å². The van der Waals surface area contributed by atoms with Gasteiger partial charge in [0.1, 0.15) is 9.88 Å². The van der Waals surface area contributed by atoms with Crippen LogP contribution in [-0.2, 0) is 16.0 Å². The average Bonchev–Trinajstić information content (AvgIpc) is 3.40. The molecule has 1 aromatic heterocycles. The fraction of sp³-hybridized carbons (Fsp3) is 0.250. The van der Waals surface area contributed by atoms with Crippen LogP contribution in [0.4, 0.5) is 5.69 Å². The van der Waals surface area contributed by atoms with Crippen LogP contribution in [0.15, 0.2) is 54.6 Å². The molecule has 0 bridgehead atoms. The Balaban J connectivity index is 1.39. The molecule has 1 aliphatic rings. The number of carbonyl (C=O) groups excluding carboxylic acids is 3. The molecule has 2 N–H and O–H groups in total. The first-order valence-electron chi connectivity index (χ1n) is 10.5. The molecule has 7 nitrogen and oxygen atoms in total. The van der Waals surface area contributed by atoms with Gasteiger partial charge in [0.2, 0.25) is 11.8 Å². The molecule has 0 saturated carbocycles. The third-order valence-corrected chi connectivity index (χ3v) is 6.69. The smallest absolute Gasteiger partial charge is 0.281 e. The second-order valence-electron chi connectivity index (χ2n) is 7.63. The van der Waals surface area contributed by atoms with E-state index >= 15 is 0 Å². The number of nitrogens with zero attached hydrogens (tertiary/aromatic N) is 2. The van der Waals surface area contributed by atoms with Gasteiger partial charge in [-0.15, -0.1) is 11.3 Å². The Morgan fingerprint density at radius 2 is 1.81 bits per heavy atom. The van der Waals surface area contributed by atoms with Gasteiger partial charge in [-0.25, -0.2) is 4.98 Å². The molecule has 1 unspecified atom stereocenters. The van der Waals surface area contributed by atoms with E-state index in [1.165, 1.54) is 11.3 Å². The maximum absolute atomic E-state index is 12.7. The minimum atomic E-state index is -0.532. The van der Waals surface area contributed by atoms with E-state index in [1.807, 2.05) is 61.5 Å². The van der Waals surface area contributed by atoms with Gasteiger partial charge < -0.3 is 4.90 Å². The van der Waals surface area contributed by atoms with E-state index in [0.717, 1.165) is 28.2 Å². The molecule has 3 amide bonds. The Morgan fingerprint density at radius 1 is 1.09 bits per heavy atom. The number of amides is 3. The highest BCUT2D eigenvalue weighted by Gasteiger charge is 2.36. The van der Waals surface area contributed by atoms with E-state index in [2.05, 4.69) is 15.8 Å². The topological polar surface area (TPSA) is 91.4 Å². The standard InChI is InChI=1S/C24H24N4O3S/c1-3-16-9-7-8-12-19(16)28-14-18(13-20(28)29)22(30)26-27-23(31)21-15(2)25-24(32-21)17-10-5-4-6-11-17/h4-12,18H,3,13-14H2,1-2H3,(H,26,30)(H,27,31). The van der Waals surface area contributed by atoms with E-state index < -0.39 is 11.8 Å². The second kappa shape index (κ2) is 9.32. The first-order valence-corrected chi connectivity index (χ1v) is 11.3. The molecule has 0 aliphatic carbocycles. The number of benzene rings is 2. The summed E-state index contributed by atoms with van der Waals surface area (Å²) in [6, 6.07) is 17.3. The van der Waals surface area contributed by atoms with E-state index in [0.29, 0.717) is 10.6 Å². The zero-order valence-corrected chi connectivity index (χ0v) is 18.7. The van der Waals surface area contributed by atoms with Crippen molar-refractivity contribution in [3.63, 3.8) is 0 Å². The lowest BCUT2D eigenvalue weighted by Crippen LogP contribution is -2.45. The molecule has 0 spiro atoms. The summed E-state index contributed by atoms with van der Waals surface area (Å²) in [7, 11) is 0. The lowest BCUT2D eigenvalue weighted by atomic mass is 10.1. The van der Waals surface area contributed by atoms with Crippen LogP contribution in [0.25, 0.3) is 10.6 Å². The van der Waals surface area contributed by atoms with Gasteiger partial charge in [0.25, 0.3) is 5.91 Å². The summed E-state index contributed by atoms with van der Waals surface area (Å²) in [5.74, 6) is -1.43. The molecule has 1 aliphatic heterocycles. The van der Waals surface area contributed by atoms with Gasteiger partial charge in [-0.2, -0.15) is 0 Å². The molecule has 8 heteroatoms. The number of aryl methyl sites for hydroxylation is 2. The zero-order chi connectivity index (χ0) is 22.7. The summed E-state index contributed by atoms with van der Waals surface area (Å²) in [6.45, 7) is 4.08. The van der Waals surface area contributed by atoms with Gasteiger partial charge in [-0.05, 0) is 25.0 Å². The van der Waals surface area contributed by atoms with Crippen LogP contribution in [-0.4, -0.2) is 29.3 Å². The van der Waals surface area contributed by atoms with E-state index in [9.17, 15) is 14.4 Å². The Hall–Kier alpha value is -3.52. The lowest BCUT2D eigenvalue weighted by molar-refractivity contribution is -0.126. The van der Waals surface area contributed by atoms with Gasteiger partial charge in [0.05, 0.1) is 11.6 Å². The quantitative estimate of drug-likeness (QED) is 0.585. The summed E-state index contributed by atoms with van der Waals surface area (Å²) in [5, 5.41) is 0.742. The van der Waals surface area contributed by atoms with Crippen LogP contribution in [0, 0.1) is 12.8 Å². The maximum Gasteiger partial charge on any atom is 0.281 e. The highest BCUT2D eigenvalue weighted by molar-refractivity contribution is 7.17. The van der Waals surface area contributed by atoms with E-state index in [4.69, 9.17) is 0 Å². The van der Waals surface area contributed by atoms with Crippen LogP contribution in [0.5, 0.6) is 0 Å². The first kappa shape index (κ1) is 21.7. The van der Waals surface area contributed by atoms with Crippen molar-refractivity contribution in [3.05, 3.63) is 70.7 Å². The van der Waals surface area contributed by atoms with Crippen LogP contribution >= 0.6 is 11.3 Å². The number of hydrazine groups is 1. The Kier molecular flexibility index (Phi) is 6.32. The fourth-order valence-corrected chi connectivity index (χ4v) is 4.74. The molecular weight excluding hydrogens is 424 g/mol. The van der Waals surface area contributed by atoms with Crippen molar-refractivity contribution in [3.8, 4) is 10.6 Å². The monoisotopic (exact) mass is 448 g/mol. The molecule has 32 heavy (non-hydrogen) atoms. The predicted octanol–water partition coefficient (Wildman–Crippen LogP) is 3.50. The Labute approximate surface area is 190 Å². The fourth-order valence-electron chi connectivity index (χ4n) is 3.78. The normalized spacial score (nSPS) is 15.6. The van der Waals surface area contributed by atoms with Gasteiger partial charge in [0, 0.05) is 24.2 Å². The molecule has 1 saturated heterocycles. The number of hydrogen-bond acceptors (Lipinski definition) is 5. The summed E-state index contributed by atoms with van der Waals surface area (Å²) < 4.78 is 0. The molecule has 1 atom stereocenters. The van der Waals surface area contributed by atoms with Crippen LogP contribution in [0.1, 0.15) is 34.3 Å². The largest absolute Gasteiger partial charge is 0.311 e. The van der Waals surface area contributed by atoms with E-state index in [-0.39, 0.29) is 24.8 Å². The number of carbonyl (C=O) groups is 3. The molecule has 2 heterocycles. The molecule has 1 fully saturated rings. The third-order valence-electron chi connectivity index (χ3n) is 5.48. The summed E-state index contributed by atoms with van der Waals surface area (Å²) >= 11 is 1.27. The third kappa shape index (κ3) is 4.40. The number of anilines is 1. The van der Waals surface area contributed by atoms with Crippen molar-refractivity contribution in [2.75, 3.05) is 11.4 Å². The van der Waals surface area contributed by atoms with Crippen molar-refractivity contribution in [2.24, 2.45) is 5.92 Å². The predicted molar refractivity (Wildman–Crippen MR) is 124 cm³/mol. The summed E-state index contributed by atoms with van der Waals surface area (Å²) in [6.07, 6.45) is 0.906. The number of nitrogens with one attached hydrogen (secondary N) is 2. The van der Waals surface area contributed by atoms with Crippen molar-refractivity contribution in [1.82, 2.24) is 15.8 Å². The Morgan fingerprint density at radius 3 is 2.56 bits per heavy atom. The first-order chi connectivity index (χ1) is 15.5. The molecule has 164 valence electrons. The van der Waals surface area contributed by atoms with Crippen molar-refractivity contribution in [1.29, 1.82) is 0 Å². The minimum absolute atomic E-state index is 0.0943. The van der Waals surface area contributed by atoms with Crippen LogP contribution in [0.3, 0.4) is 0 Å². The molecule has 0 radical (unpaired) electrons. The van der Waals surface area contributed by atoms with Crippen molar-refractivity contribution < 1.29 is 14.4 Å². The SMILES string of the molecule is CCc1ccccc1N1CC(C(=O)NNC(=O)c2sc(-c3ccccc3)nc2C)CC1=O. The zero-order valence-electron chi connectivity index (χ0n) is 17.9. The number of rotatable bonds is 5. The van der Waals surface area contributed by atoms with Crippen LogP contribution in [0.2, 0.25) is 0 Å². The maximum atomic E-state index is 12.7. The number of aromatic nitrogens is 1. The molecule has 4 rings (SSSR count). The van der Waals surface area contributed by atoms with Crippen molar-refractivity contribution in [2.45, 2.75) is 26.7 Å². The van der Waals surface area contributed by atoms with Gasteiger partial charge in [0.15, 0.2) is 0 Å². The average molecular weight is 449 g/mol. The molecule has 3 aromatic rings. The molecule has 2 aromatic carbocycles. The Bertz CT molecular complexity index is 1160. The van der Waals surface area contributed by atoms with Crippen LogP contribution < -0.4 is 15.8 Å². The lowest BCUT2D eigenvalue weighted by Gasteiger charge is -2.20. The highest BCUT2D eigenvalue weighted by Crippen LogP contribution is 2.29. The summed E-state index contributed by atoms with van der Waals surface area (Å²) in [5.41, 5.74) is 8.39.